The molecule has 0 aliphatic carbocycles. The number of fused-ring (bicyclic) bond motifs is 2. The van der Waals surface area contributed by atoms with Crippen molar-refractivity contribution in [3.05, 3.63) is 133 Å². The minimum atomic E-state index is -0.920. The maximum absolute atomic E-state index is 11.4. The molecule has 0 fully saturated rings. The molecule has 2 nitrogen and oxygen atoms in total. The lowest BCUT2D eigenvalue weighted by Gasteiger charge is -2.20. The molecule has 35 heavy (non-hydrogen) atoms. The van der Waals surface area contributed by atoms with Crippen LogP contribution < -0.4 is 0 Å². The van der Waals surface area contributed by atoms with Gasteiger partial charge in [-0.25, -0.2) is 4.79 Å². The summed E-state index contributed by atoms with van der Waals surface area (Å²) >= 11 is 0. The molecule has 0 aliphatic heterocycles. The van der Waals surface area contributed by atoms with Crippen molar-refractivity contribution in [2.45, 2.75) is 0 Å². The van der Waals surface area contributed by atoms with Crippen molar-refractivity contribution in [2.75, 3.05) is 0 Å². The summed E-state index contributed by atoms with van der Waals surface area (Å²) in [7, 11) is 0. The minimum Gasteiger partial charge on any atom is -0.478 e. The molecule has 0 bridgehead atoms. The summed E-state index contributed by atoms with van der Waals surface area (Å²) < 4.78 is 0. The molecule has 0 radical (unpaired) electrons. The third kappa shape index (κ3) is 3.56. The Morgan fingerprint density at radius 3 is 1.57 bits per heavy atom. The summed E-state index contributed by atoms with van der Waals surface area (Å²) in [6.07, 6.45) is 0. The number of aromatic carboxylic acids is 1. The van der Waals surface area contributed by atoms with Crippen LogP contribution in [0.25, 0.3) is 54.9 Å². The SMILES string of the molecule is O=C(O)c1ccc(-c2cccc3c(-c4ccccc4)c4ccccc4c(-c4ccccc4)c23)cc1. The first-order valence-corrected chi connectivity index (χ1v) is 11.6. The molecule has 0 unspecified atom stereocenters. The fourth-order valence-corrected chi connectivity index (χ4v) is 5.08. The van der Waals surface area contributed by atoms with Gasteiger partial charge in [0.15, 0.2) is 0 Å². The van der Waals surface area contributed by atoms with E-state index in [1.54, 1.807) is 12.1 Å². The van der Waals surface area contributed by atoms with Gasteiger partial charge in [-0.15, -0.1) is 0 Å². The van der Waals surface area contributed by atoms with Gasteiger partial charge in [-0.3, -0.25) is 0 Å². The minimum absolute atomic E-state index is 0.285. The van der Waals surface area contributed by atoms with Gasteiger partial charge in [-0.05, 0) is 67.1 Å². The molecule has 0 aromatic heterocycles. The second-order valence-corrected chi connectivity index (χ2v) is 8.64. The summed E-state index contributed by atoms with van der Waals surface area (Å²) in [5.74, 6) is -0.920. The number of carboxylic acids is 1. The molecular formula is C33H22O2. The number of carbonyl (C=O) groups is 1. The number of carboxylic acid groups (broad SMARTS) is 1. The molecule has 6 aromatic carbocycles. The van der Waals surface area contributed by atoms with E-state index in [9.17, 15) is 9.90 Å². The Hall–Kier alpha value is -4.69. The molecule has 0 saturated heterocycles. The van der Waals surface area contributed by atoms with Crippen molar-refractivity contribution < 1.29 is 9.90 Å². The van der Waals surface area contributed by atoms with Crippen LogP contribution in [0.15, 0.2) is 127 Å². The monoisotopic (exact) mass is 450 g/mol. The van der Waals surface area contributed by atoms with Crippen LogP contribution in [0.1, 0.15) is 10.4 Å². The summed E-state index contributed by atoms with van der Waals surface area (Å²) in [6.45, 7) is 0. The smallest absolute Gasteiger partial charge is 0.335 e. The van der Waals surface area contributed by atoms with Crippen LogP contribution >= 0.6 is 0 Å². The fraction of sp³-hybridized carbons (Fsp3) is 0. The molecule has 2 heteroatoms. The normalized spacial score (nSPS) is 11.1. The topological polar surface area (TPSA) is 37.3 Å². The Kier molecular flexibility index (Phi) is 5.12. The van der Waals surface area contributed by atoms with Crippen LogP contribution in [0.2, 0.25) is 0 Å². The number of hydrogen-bond acceptors (Lipinski definition) is 1. The lowest BCUT2D eigenvalue weighted by molar-refractivity contribution is 0.0697. The van der Waals surface area contributed by atoms with E-state index >= 15 is 0 Å². The van der Waals surface area contributed by atoms with E-state index in [1.165, 1.54) is 38.2 Å². The van der Waals surface area contributed by atoms with Gasteiger partial charge in [-0.1, -0.05) is 115 Å². The third-order valence-corrected chi connectivity index (χ3v) is 6.62. The molecule has 0 atom stereocenters. The molecule has 1 N–H and O–H groups in total. The van der Waals surface area contributed by atoms with Crippen LogP contribution in [-0.2, 0) is 0 Å². The van der Waals surface area contributed by atoms with Crippen molar-refractivity contribution >= 4 is 27.5 Å². The second kappa shape index (κ2) is 8.58. The van der Waals surface area contributed by atoms with Gasteiger partial charge >= 0.3 is 5.97 Å². The number of rotatable bonds is 4. The van der Waals surface area contributed by atoms with Gasteiger partial charge in [0.1, 0.15) is 0 Å². The Morgan fingerprint density at radius 1 is 0.457 bits per heavy atom. The molecule has 166 valence electrons. The second-order valence-electron chi connectivity index (χ2n) is 8.64. The first-order chi connectivity index (χ1) is 17.2. The van der Waals surface area contributed by atoms with Gasteiger partial charge in [0.05, 0.1) is 5.56 Å². The Bertz CT molecular complexity index is 1680. The zero-order chi connectivity index (χ0) is 23.8. The number of benzene rings is 6. The van der Waals surface area contributed by atoms with E-state index in [4.69, 9.17) is 0 Å². The van der Waals surface area contributed by atoms with Gasteiger partial charge in [0.2, 0.25) is 0 Å². The van der Waals surface area contributed by atoms with Crippen LogP contribution in [0.4, 0.5) is 0 Å². The molecule has 6 rings (SSSR count). The summed E-state index contributed by atoms with van der Waals surface area (Å²) in [6, 6.07) is 43.2. The van der Waals surface area contributed by atoms with Crippen LogP contribution in [0.3, 0.4) is 0 Å². The van der Waals surface area contributed by atoms with E-state index in [2.05, 4.69) is 91.0 Å². The van der Waals surface area contributed by atoms with Crippen molar-refractivity contribution in [1.82, 2.24) is 0 Å². The molecule has 0 saturated carbocycles. The Balaban J connectivity index is 1.81. The van der Waals surface area contributed by atoms with E-state index in [0.717, 1.165) is 16.7 Å². The molecular weight excluding hydrogens is 428 g/mol. The first-order valence-electron chi connectivity index (χ1n) is 11.6. The molecule has 6 aromatic rings. The highest BCUT2D eigenvalue weighted by Crippen LogP contribution is 2.46. The molecule has 0 amide bonds. The van der Waals surface area contributed by atoms with Crippen LogP contribution in [-0.4, -0.2) is 11.1 Å². The van der Waals surface area contributed by atoms with Crippen LogP contribution in [0, 0.1) is 0 Å². The lowest BCUT2D eigenvalue weighted by atomic mass is 9.83. The standard InChI is InChI=1S/C33H22O2/c34-33(35)25-20-18-22(19-21-25)26-16-9-17-29-30(23-10-3-1-4-11-23)27-14-7-8-15-28(27)31(32(26)29)24-12-5-2-6-13-24/h1-21H,(H,34,35). The summed E-state index contributed by atoms with van der Waals surface area (Å²) in [5, 5.41) is 14.1. The quantitative estimate of drug-likeness (QED) is 0.273. The molecule has 0 aliphatic rings. The Morgan fingerprint density at radius 2 is 0.971 bits per heavy atom. The van der Waals surface area contributed by atoms with E-state index in [1.807, 2.05) is 24.3 Å². The maximum atomic E-state index is 11.4. The van der Waals surface area contributed by atoms with Crippen molar-refractivity contribution in [1.29, 1.82) is 0 Å². The summed E-state index contributed by atoms with van der Waals surface area (Å²) in [5.41, 5.74) is 7.09. The van der Waals surface area contributed by atoms with Crippen molar-refractivity contribution in [3.63, 3.8) is 0 Å². The maximum Gasteiger partial charge on any atom is 0.335 e. The van der Waals surface area contributed by atoms with E-state index in [0.29, 0.717) is 0 Å². The number of hydrogen-bond donors (Lipinski definition) is 1. The lowest BCUT2D eigenvalue weighted by Crippen LogP contribution is -1.96. The average Bonchev–Trinajstić information content (AvgIpc) is 2.92. The largest absolute Gasteiger partial charge is 0.478 e. The van der Waals surface area contributed by atoms with Gasteiger partial charge in [0, 0.05) is 0 Å². The summed E-state index contributed by atoms with van der Waals surface area (Å²) in [4.78, 5) is 11.4. The van der Waals surface area contributed by atoms with E-state index in [-0.39, 0.29) is 5.56 Å². The fourth-order valence-electron chi connectivity index (χ4n) is 5.08. The zero-order valence-corrected chi connectivity index (χ0v) is 19.0. The van der Waals surface area contributed by atoms with E-state index < -0.39 is 5.97 Å². The predicted molar refractivity (Wildman–Crippen MR) is 145 cm³/mol. The predicted octanol–water partition coefficient (Wildman–Crippen LogP) is 8.69. The highest BCUT2D eigenvalue weighted by Gasteiger charge is 2.19. The van der Waals surface area contributed by atoms with Gasteiger partial charge in [-0.2, -0.15) is 0 Å². The van der Waals surface area contributed by atoms with Crippen molar-refractivity contribution in [2.24, 2.45) is 0 Å². The zero-order valence-electron chi connectivity index (χ0n) is 19.0. The van der Waals surface area contributed by atoms with Gasteiger partial charge < -0.3 is 5.11 Å². The van der Waals surface area contributed by atoms with Crippen LogP contribution in [0.5, 0.6) is 0 Å². The molecule has 0 heterocycles. The highest BCUT2D eigenvalue weighted by molar-refractivity contribution is 6.24. The van der Waals surface area contributed by atoms with Crippen molar-refractivity contribution in [3.8, 4) is 33.4 Å². The highest BCUT2D eigenvalue weighted by atomic mass is 16.4. The first kappa shape index (κ1) is 20.9. The van der Waals surface area contributed by atoms with Gasteiger partial charge in [0.25, 0.3) is 0 Å². The molecule has 0 spiro atoms. The Labute approximate surface area is 203 Å². The average molecular weight is 451 g/mol. The third-order valence-electron chi connectivity index (χ3n) is 6.62.